The van der Waals surface area contributed by atoms with Gasteiger partial charge in [0.05, 0.1) is 40.7 Å². The first-order valence-corrected chi connectivity index (χ1v) is 10.2. The molecule has 182 valence electrons. The topological polar surface area (TPSA) is 211 Å². The molecule has 0 radical (unpaired) electrons. The Hall–Kier alpha value is -3.45. The van der Waals surface area contributed by atoms with Gasteiger partial charge in [0.1, 0.15) is 11.5 Å². The van der Waals surface area contributed by atoms with Gasteiger partial charge in [-0.05, 0) is 32.6 Å². The van der Waals surface area contributed by atoms with E-state index in [0.717, 1.165) is 0 Å². The fourth-order valence-electron chi connectivity index (χ4n) is 5.53. The Bertz CT molecular complexity index is 1200. The predicted molar refractivity (Wildman–Crippen MR) is 113 cm³/mol. The van der Waals surface area contributed by atoms with E-state index >= 15 is 0 Å². The number of hydrogen-bond donors (Lipinski definition) is 7. The SMILES string of the molecule is CN(C)C1C(=O)C(OC(N)=O)=C(O)C2(O)C(=O)C3=C(O)c4c(O)cccc4C(C)(O)C3C(O)C12. The van der Waals surface area contributed by atoms with Crippen LogP contribution in [-0.2, 0) is 19.9 Å². The number of nitrogens with two attached hydrogens (primary N) is 1. The maximum Gasteiger partial charge on any atom is 0.410 e. The number of Topliss-reactive ketones (excluding diaryl/α,β-unsaturated/α-hetero) is 2. The summed E-state index contributed by atoms with van der Waals surface area (Å²) in [6, 6.07) is 2.46. The fourth-order valence-corrected chi connectivity index (χ4v) is 5.53. The Morgan fingerprint density at radius 2 is 1.76 bits per heavy atom. The fraction of sp³-hybridized carbons (Fsp3) is 0.409. The van der Waals surface area contributed by atoms with E-state index < -0.39 is 81.4 Å². The van der Waals surface area contributed by atoms with E-state index in [9.17, 15) is 45.0 Å². The molecule has 0 heterocycles. The Morgan fingerprint density at radius 3 is 2.32 bits per heavy atom. The highest BCUT2D eigenvalue weighted by Crippen LogP contribution is 2.57. The first kappa shape index (κ1) is 23.7. The molecule has 1 saturated carbocycles. The summed E-state index contributed by atoms with van der Waals surface area (Å²) in [6.07, 6.45) is -3.39. The van der Waals surface area contributed by atoms with Gasteiger partial charge in [-0.15, -0.1) is 0 Å². The molecule has 0 aromatic heterocycles. The van der Waals surface area contributed by atoms with Crippen LogP contribution < -0.4 is 5.73 Å². The van der Waals surface area contributed by atoms with Gasteiger partial charge in [-0.1, -0.05) is 12.1 Å². The standard InChI is InChI=1S/C22H24N2O10/c1-21(32)7-5-4-6-8(25)9(7)14(26)10-11(21)15(27)12-13(24(2)3)16(28)17(34-20(23)31)19(30)22(12,33)18(10)29/h4-6,11-13,15,25-27,30,32-33H,1-3H3,(H2,23,31). The minimum atomic E-state index is -3.05. The predicted octanol–water partition coefficient (Wildman–Crippen LogP) is -0.833. The first-order chi connectivity index (χ1) is 15.7. The Morgan fingerprint density at radius 1 is 1.15 bits per heavy atom. The number of amides is 1. The summed E-state index contributed by atoms with van der Waals surface area (Å²) in [7, 11) is 2.78. The molecule has 0 spiro atoms. The van der Waals surface area contributed by atoms with Gasteiger partial charge in [0.2, 0.25) is 17.3 Å². The second-order valence-electron chi connectivity index (χ2n) is 9.07. The number of aliphatic hydroxyl groups excluding tert-OH is 3. The monoisotopic (exact) mass is 476 g/mol. The average Bonchev–Trinajstić information content (AvgIpc) is 2.73. The largest absolute Gasteiger partial charge is 0.507 e. The summed E-state index contributed by atoms with van der Waals surface area (Å²) < 4.78 is 4.60. The first-order valence-electron chi connectivity index (χ1n) is 10.2. The highest BCUT2D eigenvalue weighted by atomic mass is 16.6. The lowest BCUT2D eigenvalue weighted by atomic mass is 9.53. The summed E-state index contributed by atoms with van der Waals surface area (Å²) in [4.78, 5) is 39.4. The van der Waals surface area contributed by atoms with Crippen molar-refractivity contribution in [3.8, 4) is 5.75 Å². The molecule has 1 amide bonds. The molecule has 0 aliphatic heterocycles. The van der Waals surface area contributed by atoms with Crippen molar-refractivity contribution in [1.29, 1.82) is 0 Å². The zero-order chi connectivity index (χ0) is 25.5. The number of rotatable bonds is 2. The summed E-state index contributed by atoms with van der Waals surface area (Å²) in [5.74, 6) is -9.50. The normalized spacial score (nSPS) is 35.1. The van der Waals surface area contributed by atoms with Gasteiger partial charge in [-0.25, -0.2) is 4.79 Å². The van der Waals surface area contributed by atoms with E-state index in [-0.39, 0.29) is 11.1 Å². The second kappa shape index (κ2) is 7.27. The number of carbonyl (C=O) groups is 3. The van der Waals surface area contributed by atoms with Crippen LogP contribution in [0.5, 0.6) is 5.75 Å². The van der Waals surface area contributed by atoms with Gasteiger partial charge in [-0.3, -0.25) is 14.5 Å². The molecular formula is C22H24N2O10. The van der Waals surface area contributed by atoms with Crippen LogP contribution in [0.25, 0.3) is 5.76 Å². The van der Waals surface area contributed by atoms with Crippen LogP contribution in [-0.4, -0.2) is 85.0 Å². The third-order valence-electron chi connectivity index (χ3n) is 6.95. The minimum Gasteiger partial charge on any atom is -0.507 e. The van der Waals surface area contributed by atoms with Crippen molar-refractivity contribution in [2.24, 2.45) is 17.6 Å². The Balaban J connectivity index is 2.07. The lowest BCUT2D eigenvalue weighted by Gasteiger charge is -2.55. The number of nitrogens with zero attached hydrogens (tertiary/aromatic N) is 1. The Kier molecular flexibility index (Phi) is 5.07. The van der Waals surface area contributed by atoms with Crippen LogP contribution >= 0.6 is 0 Å². The number of phenolic OH excluding ortho intramolecular Hbond substituents is 1. The van der Waals surface area contributed by atoms with Crippen LogP contribution in [0.2, 0.25) is 0 Å². The maximum absolute atomic E-state index is 13.7. The second-order valence-corrected chi connectivity index (χ2v) is 9.07. The number of ether oxygens (including phenoxy) is 1. The number of ketones is 2. The number of hydrogen-bond acceptors (Lipinski definition) is 11. The number of phenols is 1. The quantitative estimate of drug-likeness (QED) is 0.280. The smallest absolute Gasteiger partial charge is 0.410 e. The number of fused-ring (bicyclic) bond motifs is 3. The van der Waals surface area contributed by atoms with Gasteiger partial charge in [0.15, 0.2) is 11.4 Å². The summed E-state index contributed by atoms with van der Waals surface area (Å²) in [6.45, 7) is 1.25. The number of likely N-dealkylation sites (N-methyl/N-ethyl adjacent to an activating group) is 1. The number of carbonyl (C=O) groups excluding carboxylic acids is 3. The number of aliphatic hydroxyl groups is 5. The molecule has 3 aliphatic carbocycles. The van der Waals surface area contributed by atoms with Gasteiger partial charge < -0.3 is 41.1 Å². The minimum absolute atomic E-state index is 0.00269. The van der Waals surface area contributed by atoms with Gasteiger partial charge >= 0.3 is 6.09 Å². The summed E-state index contributed by atoms with van der Waals surface area (Å²) in [5, 5.41) is 66.5. The average molecular weight is 476 g/mol. The van der Waals surface area contributed by atoms with E-state index in [1.807, 2.05) is 0 Å². The molecule has 34 heavy (non-hydrogen) atoms. The highest BCUT2D eigenvalue weighted by Gasteiger charge is 2.70. The van der Waals surface area contributed by atoms with Crippen LogP contribution in [0.1, 0.15) is 18.1 Å². The number of primary amides is 1. The van der Waals surface area contributed by atoms with Crippen LogP contribution in [0, 0.1) is 11.8 Å². The van der Waals surface area contributed by atoms with Crippen LogP contribution in [0.3, 0.4) is 0 Å². The van der Waals surface area contributed by atoms with E-state index in [1.165, 1.54) is 44.1 Å². The molecule has 12 heteroatoms. The van der Waals surface area contributed by atoms with Crippen LogP contribution in [0.4, 0.5) is 4.79 Å². The molecule has 6 atom stereocenters. The molecule has 0 bridgehead atoms. The summed E-state index contributed by atoms with van der Waals surface area (Å²) in [5.41, 5.74) is -1.11. The van der Waals surface area contributed by atoms with Gasteiger partial charge in [0, 0.05) is 0 Å². The molecule has 1 aromatic rings. The molecule has 12 nitrogen and oxygen atoms in total. The third kappa shape index (κ3) is 2.76. The molecular weight excluding hydrogens is 452 g/mol. The highest BCUT2D eigenvalue weighted by molar-refractivity contribution is 6.14. The van der Waals surface area contributed by atoms with Crippen molar-refractivity contribution in [3.05, 3.63) is 46.4 Å². The number of aromatic hydroxyl groups is 1. The molecule has 8 N–H and O–H groups in total. The maximum atomic E-state index is 13.7. The van der Waals surface area contributed by atoms with Crippen LogP contribution in [0.15, 0.2) is 35.3 Å². The van der Waals surface area contributed by atoms with Crippen molar-refractivity contribution in [3.63, 3.8) is 0 Å². The lowest BCUT2D eigenvalue weighted by molar-refractivity contribution is -0.183. The van der Waals surface area contributed by atoms with Crippen molar-refractivity contribution < 1.29 is 49.8 Å². The summed E-state index contributed by atoms with van der Waals surface area (Å²) >= 11 is 0. The molecule has 6 unspecified atom stereocenters. The lowest BCUT2D eigenvalue weighted by Crippen LogP contribution is -2.71. The van der Waals surface area contributed by atoms with E-state index in [1.54, 1.807) is 0 Å². The van der Waals surface area contributed by atoms with Crippen molar-refractivity contribution in [1.82, 2.24) is 4.90 Å². The molecule has 4 rings (SSSR count). The Labute approximate surface area is 192 Å². The molecule has 1 fully saturated rings. The van der Waals surface area contributed by atoms with Crippen molar-refractivity contribution in [2.75, 3.05) is 14.1 Å². The van der Waals surface area contributed by atoms with Gasteiger partial charge in [-0.2, -0.15) is 0 Å². The van der Waals surface area contributed by atoms with Crippen molar-refractivity contribution in [2.45, 2.75) is 30.3 Å². The third-order valence-corrected chi connectivity index (χ3v) is 6.95. The molecule has 3 aliphatic rings. The van der Waals surface area contributed by atoms with Crippen molar-refractivity contribution >= 4 is 23.4 Å². The van der Waals surface area contributed by atoms with E-state index in [0.29, 0.717) is 0 Å². The number of benzene rings is 1. The molecule has 1 aromatic carbocycles. The van der Waals surface area contributed by atoms with Gasteiger partial charge in [0.25, 0.3) is 0 Å². The van der Waals surface area contributed by atoms with E-state index in [2.05, 4.69) is 4.74 Å². The zero-order valence-electron chi connectivity index (χ0n) is 18.4. The molecule has 0 saturated heterocycles. The van der Waals surface area contributed by atoms with E-state index in [4.69, 9.17) is 5.73 Å². The zero-order valence-corrected chi connectivity index (χ0v) is 18.4.